The predicted octanol–water partition coefficient (Wildman–Crippen LogP) is -1.71. The molecule has 15 N–H and O–H groups in total. The average molecular weight is 1230 g/mol. The van der Waals surface area contributed by atoms with Crippen molar-refractivity contribution < 1.29 is 129 Å². The lowest BCUT2D eigenvalue weighted by Crippen LogP contribution is -2.73. The summed E-state index contributed by atoms with van der Waals surface area (Å²) in [6, 6.07) is 0. The Kier molecular flexibility index (Phi) is 17.6. The number of fused-ring (bicyclic) bond motifs is 6. The van der Waals surface area contributed by atoms with Gasteiger partial charge in [0.1, 0.15) is 104 Å². The van der Waals surface area contributed by atoms with Crippen molar-refractivity contribution in [3.05, 3.63) is 23.5 Å². The van der Waals surface area contributed by atoms with Gasteiger partial charge in [-0.15, -0.1) is 0 Å². The number of allylic oxidation sites excluding steroid dienone is 3. The largest absolute Gasteiger partial charge is 0.512 e. The molecule has 0 aromatic rings. The molecule has 86 heavy (non-hydrogen) atoms. The summed E-state index contributed by atoms with van der Waals surface area (Å²) in [5.41, 5.74) is -2.76. The second-order valence-electron chi connectivity index (χ2n) is 28.8. The molecule has 33 atom stereocenters. The van der Waals surface area contributed by atoms with Crippen LogP contribution in [0.1, 0.15) is 120 Å². The fourth-order valence-corrected chi connectivity index (χ4v) is 18.2. The van der Waals surface area contributed by atoms with E-state index in [0.717, 1.165) is 6.42 Å². The molecule has 11 rings (SSSR count). The molecule has 1 spiro atoms. The minimum absolute atomic E-state index is 0.0799. The van der Waals surface area contributed by atoms with Crippen LogP contribution in [0.3, 0.4) is 0 Å². The zero-order chi connectivity index (χ0) is 62.5. The van der Waals surface area contributed by atoms with Crippen LogP contribution in [0.5, 0.6) is 0 Å². The Morgan fingerprint density at radius 1 is 0.581 bits per heavy atom. The van der Waals surface area contributed by atoms with E-state index >= 15 is 4.79 Å². The molecule has 26 heteroatoms. The lowest BCUT2D eigenvalue weighted by Gasteiger charge is -2.77. The van der Waals surface area contributed by atoms with Crippen molar-refractivity contribution in [1.29, 1.82) is 0 Å². The van der Waals surface area contributed by atoms with Gasteiger partial charge < -0.3 is 124 Å². The van der Waals surface area contributed by atoms with E-state index in [4.69, 9.17) is 47.4 Å². The molecule has 0 bridgehead atoms. The number of hydrogen-bond donors (Lipinski definition) is 15. The van der Waals surface area contributed by atoms with Gasteiger partial charge in [0.05, 0.1) is 54.7 Å². The molecule has 0 aromatic carbocycles. The smallest absolute Gasteiger partial charge is 0.315 e. The molecular formula is C60H94O26. The number of ether oxygens (including phenoxy) is 10. The molecule has 5 aliphatic heterocycles. The second kappa shape index (κ2) is 23.1. The lowest BCUT2D eigenvalue weighted by molar-refractivity contribution is -0.368. The van der Waals surface area contributed by atoms with E-state index in [9.17, 15) is 76.6 Å². The van der Waals surface area contributed by atoms with E-state index in [1.807, 2.05) is 13.0 Å². The molecule has 26 nitrogen and oxygen atoms in total. The first kappa shape index (κ1) is 65.3. The summed E-state index contributed by atoms with van der Waals surface area (Å²) < 4.78 is 59.6. The van der Waals surface area contributed by atoms with Crippen LogP contribution < -0.4 is 0 Å². The van der Waals surface area contributed by atoms with Crippen molar-refractivity contribution >= 4 is 5.97 Å². The molecule has 5 saturated heterocycles. The fourth-order valence-electron chi connectivity index (χ4n) is 18.2. The minimum atomic E-state index is -1.90. The third-order valence-electron chi connectivity index (χ3n) is 24.1. The van der Waals surface area contributed by atoms with Gasteiger partial charge in [0, 0.05) is 5.41 Å². The normalized spacial score (nSPS) is 56.0. The highest BCUT2D eigenvalue weighted by Crippen LogP contribution is 2.82. The number of aliphatic hydroxyl groups is 15. The van der Waals surface area contributed by atoms with E-state index in [1.165, 1.54) is 19.4 Å². The highest BCUT2D eigenvalue weighted by atomic mass is 16.8. The van der Waals surface area contributed by atoms with Gasteiger partial charge in [0.2, 0.25) is 6.29 Å². The van der Waals surface area contributed by atoms with Crippen LogP contribution in [0.25, 0.3) is 0 Å². The molecule has 0 unspecified atom stereocenters. The Balaban J connectivity index is 0.792. The second-order valence-corrected chi connectivity index (χ2v) is 28.8. The third kappa shape index (κ3) is 9.86. The number of hydrogen-bond acceptors (Lipinski definition) is 26. The van der Waals surface area contributed by atoms with Gasteiger partial charge in [-0.2, -0.15) is 0 Å². The Morgan fingerprint density at radius 3 is 1.79 bits per heavy atom. The Bertz CT molecular complexity index is 2540. The average Bonchev–Trinajstić information content (AvgIpc) is 0.649. The number of esters is 1. The summed E-state index contributed by atoms with van der Waals surface area (Å²) in [6.07, 6.45) is -28.0. The minimum Gasteiger partial charge on any atom is -0.512 e. The van der Waals surface area contributed by atoms with Crippen LogP contribution in [0.2, 0.25) is 0 Å². The van der Waals surface area contributed by atoms with Crippen molar-refractivity contribution in [2.75, 3.05) is 19.8 Å². The topological polar surface area (TPSA) is 413 Å². The molecule has 5 heterocycles. The Hall–Kier alpha value is -2.17. The lowest BCUT2D eigenvalue weighted by atomic mass is 9.27. The summed E-state index contributed by atoms with van der Waals surface area (Å²) in [5.74, 6) is -0.679. The monoisotopic (exact) mass is 1230 g/mol. The highest BCUT2D eigenvalue weighted by molar-refractivity contribution is 5.79. The van der Waals surface area contributed by atoms with Crippen molar-refractivity contribution in [2.24, 2.45) is 49.7 Å². The van der Waals surface area contributed by atoms with Crippen molar-refractivity contribution in [1.82, 2.24) is 0 Å². The number of aliphatic hydroxyl groups excluding tert-OH is 15. The van der Waals surface area contributed by atoms with Crippen molar-refractivity contribution in [3.8, 4) is 0 Å². The van der Waals surface area contributed by atoms with Gasteiger partial charge in [-0.25, -0.2) is 0 Å². The van der Waals surface area contributed by atoms with Gasteiger partial charge in [0.15, 0.2) is 25.2 Å². The molecular weight excluding hydrogens is 1140 g/mol. The first-order valence-corrected chi connectivity index (χ1v) is 30.9. The number of rotatable bonds is 12. The van der Waals surface area contributed by atoms with Crippen molar-refractivity contribution in [2.45, 2.75) is 273 Å². The van der Waals surface area contributed by atoms with Crippen LogP contribution in [0.15, 0.2) is 23.5 Å². The van der Waals surface area contributed by atoms with Gasteiger partial charge >= 0.3 is 5.97 Å². The maximum Gasteiger partial charge on any atom is 0.315 e. The van der Waals surface area contributed by atoms with Crippen molar-refractivity contribution in [3.63, 3.8) is 0 Å². The van der Waals surface area contributed by atoms with E-state index in [1.54, 1.807) is 0 Å². The zero-order valence-corrected chi connectivity index (χ0v) is 50.1. The maximum absolute atomic E-state index is 15.3. The van der Waals surface area contributed by atoms with Gasteiger partial charge in [-0.3, -0.25) is 4.79 Å². The molecule has 0 amide bonds. The first-order chi connectivity index (χ1) is 40.3. The fraction of sp³-hybridized carbons (Fsp3) is 0.917. The molecule has 11 aliphatic rings. The Labute approximate surface area is 499 Å². The molecule has 490 valence electrons. The number of carbonyl (C=O) groups is 1. The summed E-state index contributed by atoms with van der Waals surface area (Å²) in [6.45, 7) is 14.6. The zero-order valence-electron chi connectivity index (χ0n) is 50.1. The van der Waals surface area contributed by atoms with Gasteiger partial charge in [-0.05, 0) is 125 Å². The van der Waals surface area contributed by atoms with Crippen LogP contribution in [0.4, 0.5) is 0 Å². The van der Waals surface area contributed by atoms with Gasteiger partial charge in [0.25, 0.3) is 0 Å². The van der Waals surface area contributed by atoms with Crippen LogP contribution in [-0.2, 0) is 52.2 Å². The molecule has 9 fully saturated rings. The SMILES string of the molecule is C[C@@H]1O[C@@H](O[C@H]2[C@H](O[C@H]3CC[C@]4(C)[C@H]5CC=C6[C@@H]7CC(C)(C)CC[C@]7(C(=O)O[C@@H]7O[C@H](CO[C@@H]8O[C@H](CO)[C@@H](O[C@@H]9O[C@@H](C)[C@H](O)[C@@H](O)[C@H]9O)[C@H](O)[C@H]8O)[C@@H](O)[C@H](O)[C@H]7O)CC[C@@]6(C)[C@]5(C)CC[C@]45C=C(O)[C@]35C)OC[C@H](O)[C@@H]2O)[C@H](O)[C@H](O)[C@H]1O. The Morgan fingerprint density at radius 2 is 1.16 bits per heavy atom. The predicted molar refractivity (Wildman–Crippen MR) is 291 cm³/mol. The molecule has 6 aliphatic carbocycles. The quantitative estimate of drug-likeness (QED) is 0.0588. The maximum atomic E-state index is 15.3. The van der Waals surface area contributed by atoms with E-state index in [-0.39, 0.29) is 35.0 Å². The van der Waals surface area contributed by atoms with Crippen LogP contribution in [-0.4, -0.2) is 256 Å². The van der Waals surface area contributed by atoms with Crippen LogP contribution in [0, 0.1) is 49.7 Å². The van der Waals surface area contributed by atoms with E-state index in [0.29, 0.717) is 57.8 Å². The van der Waals surface area contributed by atoms with Gasteiger partial charge in [-0.1, -0.05) is 46.3 Å². The molecule has 0 aromatic heterocycles. The summed E-state index contributed by atoms with van der Waals surface area (Å²) in [4.78, 5) is 15.3. The number of carbonyl (C=O) groups excluding carboxylic acids is 1. The highest BCUT2D eigenvalue weighted by Gasteiger charge is 2.78. The summed E-state index contributed by atoms with van der Waals surface area (Å²) in [5, 5.41) is 163. The molecule has 0 radical (unpaired) electrons. The first-order valence-electron chi connectivity index (χ1n) is 30.9. The van der Waals surface area contributed by atoms with Crippen LogP contribution >= 0.6 is 0 Å². The summed E-state index contributed by atoms with van der Waals surface area (Å²) in [7, 11) is 0. The summed E-state index contributed by atoms with van der Waals surface area (Å²) >= 11 is 0. The van der Waals surface area contributed by atoms with E-state index in [2.05, 4.69) is 40.7 Å². The standard InChI is InChI=1S/C60H94O26/c1-24-34(64)38(68)42(72)49(79-24)84-46-29(21-61)81-48(45(75)41(46)71)78-23-30-37(67)40(70)44(74)51(82-30)86-53(76)59-16-13-54(3,4)19-27(59)26-9-10-31-56(6,55(26,5)14-17-59)15-18-60-20-32(63)58(60,8)33(11-12-57(31,60)7)83-52-47(36(66)28(62)22-77-52)85-50-43(73)39(69)35(65)25(2)80-50/h9,20,24-25,27-31,33-52,61-75H,10-19,21-23H2,1-8H3/t24-,25-,27-,28-,29+,30+,31-,33-,34-,35-,36-,37+,38+,39+,40-,41+,42+,43+,44+,45+,46+,47+,48+,49-,50-,51-,52-,55+,56+,57+,58+,59-,60-/m0/s1. The molecule has 4 saturated carbocycles. The third-order valence-corrected chi connectivity index (χ3v) is 24.1. The van der Waals surface area contributed by atoms with E-state index < -0.39 is 200 Å².